The molecule has 0 aliphatic carbocycles. The van der Waals surface area contributed by atoms with Gasteiger partial charge >= 0.3 is 0 Å². The van der Waals surface area contributed by atoms with E-state index in [0.717, 1.165) is 25.3 Å². The van der Waals surface area contributed by atoms with E-state index >= 15 is 0 Å². The average molecular weight is 305 g/mol. The van der Waals surface area contributed by atoms with Crippen LogP contribution in [0.5, 0.6) is 0 Å². The topological polar surface area (TPSA) is 20.3 Å². The normalized spacial score (nSPS) is 22.6. The zero-order chi connectivity index (χ0) is 15.9. The zero-order valence-electron chi connectivity index (χ0n) is 13.4. The summed E-state index contributed by atoms with van der Waals surface area (Å²) in [4.78, 5) is 14.5. The van der Waals surface area contributed by atoms with Crippen molar-refractivity contribution in [2.24, 2.45) is 0 Å². The van der Waals surface area contributed by atoms with E-state index in [-0.39, 0.29) is 5.78 Å². The van der Waals surface area contributed by atoms with Crippen LogP contribution < -0.4 is 9.38 Å². The van der Waals surface area contributed by atoms with Crippen molar-refractivity contribution in [2.45, 2.75) is 19.8 Å². The van der Waals surface area contributed by atoms with Crippen molar-refractivity contribution in [3.05, 3.63) is 66.5 Å². The van der Waals surface area contributed by atoms with E-state index in [1.807, 2.05) is 12.1 Å². The monoisotopic (exact) mass is 305 g/mol. The molecule has 1 atom stereocenters. The number of hydrogen-bond acceptors (Lipinski definition) is 2. The summed E-state index contributed by atoms with van der Waals surface area (Å²) in [5, 5.41) is 0. The van der Waals surface area contributed by atoms with Gasteiger partial charge in [-0.1, -0.05) is 37.3 Å². The first-order valence-corrected chi connectivity index (χ1v) is 8.33. The Kier molecular flexibility index (Phi) is 3.31. The van der Waals surface area contributed by atoms with Gasteiger partial charge < -0.3 is 0 Å². The summed E-state index contributed by atoms with van der Waals surface area (Å²) in [7, 11) is 0. The van der Waals surface area contributed by atoms with Gasteiger partial charge in [0.25, 0.3) is 0 Å². The molecule has 0 saturated heterocycles. The number of rotatable bonds is 3. The summed E-state index contributed by atoms with van der Waals surface area (Å²) in [5.41, 5.74) is 3.75. The van der Waals surface area contributed by atoms with Crippen LogP contribution in [0.2, 0.25) is 0 Å². The van der Waals surface area contributed by atoms with Gasteiger partial charge in [-0.3, -0.25) is 9.69 Å². The van der Waals surface area contributed by atoms with Gasteiger partial charge in [-0.25, -0.2) is 4.48 Å². The molecular formula is C20H21N2O+. The molecule has 0 radical (unpaired) electrons. The highest BCUT2D eigenvalue weighted by Crippen LogP contribution is 2.53. The smallest absolute Gasteiger partial charge is 0.222 e. The number of ketones is 1. The van der Waals surface area contributed by atoms with Crippen LogP contribution in [0.25, 0.3) is 0 Å². The number of para-hydroxylation sites is 3. The lowest BCUT2D eigenvalue weighted by Gasteiger charge is -2.36. The number of carbonyl (C=O) groups is 1. The van der Waals surface area contributed by atoms with Crippen LogP contribution in [0.1, 0.15) is 19.8 Å². The van der Waals surface area contributed by atoms with E-state index in [9.17, 15) is 4.79 Å². The molecule has 2 aliphatic rings. The molecule has 0 amide bonds. The highest BCUT2D eigenvalue weighted by molar-refractivity contribution is 5.97. The van der Waals surface area contributed by atoms with Crippen molar-refractivity contribution in [1.82, 2.24) is 4.48 Å². The van der Waals surface area contributed by atoms with Gasteiger partial charge in [0.2, 0.25) is 5.82 Å². The molecule has 0 fully saturated rings. The fraction of sp³-hybridized carbons (Fsp3) is 0.250. The Balaban J connectivity index is 2.04. The van der Waals surface area contributed by atoms with Gasteiger partial charge in [-0.15, -0.1) is 0 Å². The molecule has 0 saturated carbocycles. The van der Waals surface area contributed by atoms with Crippen LogP contribution in [-0.2, 0) is 4.79 Å². The Hall–Kier alpha value is -2.39. The summed E-state index contributed by atoms with van der Waals surface area (Å²) in [6.45, 7) is 3.94. The first-order chi connectivity index (χ1) is 11.3. The first kappa shape index (κ1) is 14.2. The minimum absolute atomic E-state index is 0.235. The predicted molar refractivity (Wildman–Crippen MR) is 94.5 cm³/mol. The Labute approximate surface area is 137 Å². The minimum atomic E-state index is 0.235. The van der Waals surface area contributed by atoms with Crippen LogP contribution in [0.4, 0.5) is 17.1 Å². The van der Waals surface area contributed by atoms with E-state index in [4.69, 9.17) is 0 Å². The standard InChI is InChI=1S/C20H21N2O/c1-2-14-22(16-8-4-3-5-9-16)19-11-7-6-10-18(19)21-13-12-17(23)15-20(21)22/h3-11,15H,2,12-14H2,1H3/q+1. The summed E-state index contributed by atoms with van der Waals surface area (Å²) < 4.78 is 0.652. The molecule has 2 aliphatic heterocycles. The SMILES string of the molecule is CCC[N+]1(c2ccccc2)C2=CC(=O)CCN2c2ccccc21. The van der Waals surface area contributed by atoms with Gasteiger partial charge in [0, 0.05) is 31.2 Å². The molecule has 0 bridgehead atoms. The number of nitrogens with zero attached hydrogens (tertiary/aromatic N) is 2. The van der Waals surface area contributed by atoms with Crippen molar-refractivity contribution in [3.63, 3.8) is 0 Å². The van der Waals surface area contributed by atoms with Crippen LogP contribution in [0, 0.1) is 0 Å². The highest BCUT2D eigenvalue weighted by Gasteiger charge is 2.50. The molecule has 2 heterocycles. The van der Waals surface area contributed by atoms with E-state index in [2.05, 4.69) is 60.4 Å². The van der Waals surface area contributed by atoms with Crippen LogP contribution in [0.15, 0.2) is 66.5 Å². The van der Waals surface area contributed by atoms with Crippen molar-refractivity contribution in [1.29, 1.82) is 0 Å². The second kappa shape index (κ2) is 5.36. The van der Waals surface area contributed by atoms with Gasteiger partial charge in [0.1, 0.15) is 11.4 Å². The van der Waals surface area contributed by atoms with Crippen molar-refractivity contribution in [2.75, 3.05) is 18.0 Å². The maximum Gasteiger partial charge on any atom is 0.222 e. The number of quaternary nitrogens is 1. The Morgan fingerprint density at radius 1 is 1.04 bits per heavy atom. The third kappa shape index (κ3) is 1.97. The second-order valence-electron chi connectivity index (χ2n) is 6.23. The Bertz CT molecular complexity index is 781. The van der Waals surface area contributed by atoms with E-state index in [1.165, 1.54) is 17.1 Å². The van der Waals surface area contributed by atoms with Crippen molar-refractivity contribution in [3.8, 4) is 0 Å². The molecule has 116 valence electrons. The molecule has 23 heavy (non-hydrogen) atoms. The third-order valence-corrected chi connectivity index (χ3v) is 4.88. The lowest BCUT2D eigenvalue weighted by Crippen LogP contribution is -2.47. The molecule has 3 heteroatoms. The summed E-state index contributed by atoms with van der Waals surface area (Å²) >= 11 is 0. The number of allylic oxidation sites excluding steroid dienone is 1. The summed E-state index contributed by atoms with van der Waals surface area (Å²) in [6, 6.07) is 19.1. The Morgan fingerprint density at radius 2 is 1.78 bits per heavy atom. The van der Waals surface area contributed by atoms with Gasteiger partial charge in [-0.2, -0.15) is 0 Å². The maximum absolute atomic E-state index is 12.2. The largest absolute Gasteiger partial charge is 0.294 e. The number of hydrogen-bond donors (Lipinski definition) is 0. The second-order valence-corrected chi connectivity index (χ2v) is 6.23. The molecule has 2 aromatic carbocycles. The van der Waals surface area contributed by atoms with Crippen LogP contribution >= 0.6 is 0 Å². The van der Waals surface area contributed by atoms with Crippen LogP contribution in [0.3, 0.4) is 0 Å². The Morgan fingerprint density at radius 3 is 2.57 bits per heavy atom. The molecule has 0 N–H and O–H groups in total. The van der Waals surface area contributed by atoms with Gasteiger partial charge in [-0.05, 0) is 12.5 Å². The molecule has 0 spiro atoms. The third-order valence-electron chi connectivity index (χ3n) is 4.88. The number of anilines is 1. The van der Waals surface area contributed by atoms with Crippen molar-refractivity contribution < 1.29 is 4.79 Å². The van der Waals surface area contributed by atoms with E-state index in [1.54, 1.807) is 0 Å². The molecule has 4 rings (SSSR count). The van der Waals surface area contributed by atoms with E-state index < -0.39 is 0 Å². The molecule has 2 aromatic rings. The zero-order valence-corrected chi connectivity index (χ0v) is 13.4. The van der Waals surface area contributed by atoms with E-state index in [0.29, 0.717) is 10.9 Å². The summed E-state index contributed by atoms with van der Waals surface area (Å²) in [5.74, 6) is 1.34. The number of carbonyl (C=O) groups excluding carboxylic acids is 1. The number of benzene rings is 2. The fourth-order valence-electron chi connectivity index (χ4n) is 3.98. The molecular weight excluding hydrogens is 284 g/mol. The highest BCUT2D eigenvalue weighted by atomic mass is 16.1. The first-order valence-electron chi connectivity index (χ1n) is 8.33. The summed E-state index contributed by atoms with van der Waals surface area (Å²) in [6.07, 6.45) is 3.51. The maximum atomic E-state index is 12.2. The van der Waals surface area contributed by atoms with Crippen molar-refractivity contribution >= 4 is 22.8 Å². The minimum Gasteiger partial charge on any atom is -0.294 e. The molecule has 3 nitrogen and oxygen atoms in total. The predicted octanol–water partition coefficient (Wildman–Crippen LogP) is 4.37. The molecule has 1 unspecified atom stereocenters. The van der Waals surface area contributed by atoms with Crippen LogP contribution in [-0.4, -0.2) is 18.9 Å². The average Bonchev–Trinajstić information content (AvgIpc) is 2.87. The van der Waals surface area contributed by atoms with Gasteiger partial charge in [0.05, 0.1) is 12.6 Å². The number of fused-ring (bicyclic) bond motifs is 3. The lowest BCUT2D eigenvalue weighted by molar-refractivity contribution is -0.114. The molecule has 0 aromatic heterocycles. The fourth-order valence-corrected chi connectivity index (χ4v) is 3.98. The quantitative estimate of drug-likeness (QED) is 0.785. The lowest BCUT2D eigenvalue weighted by atomic mass is 10.1. The van der Waals surface area contributed by atoms with Gasteiger partial charge in [0.15, 0.2) is 11.5 Å².